The summed E-state index contributed by atoms with van der Waals surface area (Å²) in [6.45, 7) is 0.696. The van der Waals surface area contributed by atoms with Crippen molar-refractivity contribution in [3.63, 3.8) is 0 Å². The first-order valence-corrected chi connectivity index (χ1v) is 4.63. The number of rotatable bonds is 5. The summed E-state index contributed by atoms with van der Waals surface area (Å²) in [6, 6.07) is 0. The number of aliphatic carboxylic acids is 1. The van der Waals surface area contributed by atoms with Crippen molar-refractivity contribution in [3.05, 3.63) is 0 Å². The maximum absolute atomic E-state index is 9.37. The van der Waals surface area contributed by atoms with Crippen LogP contribution >= 0.6 is 0 Å². The van der Waals surface area contributed by atoms with E-state index in [0.29, 0.717) is 13.2 Å². The number of carboxylic acid groups (broad SMARTS) is 1. The molecule has 7 nitrogen and oxygen atoms in total. The largest absolute Gasteiger partial charge is 0.477 e. The molecule has 0 unspecified atom stereocenters. The number of carboxylic acids is 1. The molecule has 84 valence electrons. The van der Waals surface area contributed by atoms with Crippen LogP contribution in [0.5, 0.6) is 0 Å². The van der Waals surface area contributed by atoms with Crippen LogP contribution in [0, 0.1) is 0 Å². The molecule has 0 aromatic rings. The van der Waals surface area contributed by atoms with Crippen molar-refractivity contribution in [3.8, 4) is 0 Å². The molecule has 0 heterocycles. The van der Waals surface area contributed by atoms with Crippen LogP contribution < -0.4 is 0 Å². The quantitative estimate of drug-likeness (QED) is 0.358. The van der Waals surface area contributed by atoms with Crippen LogP contribution in [0.2, 0.25) is 0 Å². The van der Waals surface area contributed by atoms with Gasteiger partial charge in [0.25, 0.3) is 0 Å². The second-order valence-corrected chi connectivity index (χ2v) is 2.53. The van der Waals surface area contributed by atoms with E-state index < -0.39 is 16.3 Å². The Kier molecular flexibility index (Phi) is 13.3. The predicted octanol–water partition coefficient (Wildman–Crippen LogP) is -2.26. The first kappa shape index (κ1) is 15.5. The number of hydrogen-bond donors (Lipinski definition) is 3. The van der Waals surface area contributed by atoms with Crippen LogP contribution in [-0.4, -0.2) is 61.5 Å². The molecule has 0 rings (SSSR count). The molecule has 0 radical (unpaired) electrons. The Labute approximate surface area is 82.1 Å². The van der Waals surface area contributed by atoms with Gasteiger partial charge in [0.1, 0.15) is 5.37 Å². The molecular formula is C6H12O7S. The molecule has 0 saturated heterocycles. The Balaban J connectivity index is 0. The van der Waals surface area contributed by atoms with Gasteiger partial charge in [0.05, 0.1) is 26.4 Å². The van der Waals surface area contributed by atoms with E-state index in [4.69, 9.17) is 15.3 Å². The van der Waals surface area contributed by atoms with Gasteiger partial charge in [-0.25, -0.2) is 4.79 Å². The molecule has 0 aliphatic rings. The Morgan fingerprint density at radius 1 is 1.21 bits per heavy atom. The van der Waals surface area contributed by atoms with Gasteiger partial charge in [-0.3, -0.25) is 0 Å². The zero-order chi connectivity index (χ0) is 11.4. The Morgan fingerprint density at radius 2 is 1.64 bits per heavy atom. The maximum atomic E-state index is 9.37. The summed E-state index contributed by atoms with van der Waals surface area (Å²) in [4.78, 5) is 9.36. The first-order valence-electron chi connectivity index (χ1n) is 3.50. The summed E-state index contributed by atoms with van der Waals surface area (Å²) in [5, 5.41) is 24.0. The van der Waals surface area contributed by atoms with Gasteiger partial charge in [0, 0.05) is 0 Å². The van der Waals surface area contributed by atoms with Crippen LogP contribution in [0.1, 0.15) is 0 Å². The molecule has 0 amide bonds. The Hall–Kier alpha value is -0.960. The second kappa shape index (κ2) is 12.0. The highest BCUT2D eigenvalue weighted by Crippen LogP contribution is 1.68. The van der Waals surface area contributed by atoms with Crippen molar-refractivity contribution in [2.24, 2.45) is 0 Å². The monoisotopic (exact) mass is 228 g/mol. The fraction of sp³-hybridized carbons (Fsp3) is 0.667. The van der Waals surface area contributed by atoms with E-state index in [2.05, 4.69) is 4.74 Å². The lowest BCUT2D eigenvalue weighted by Crippen LogP contribution is -2.03. The van der Waals surface area contributed by atoms with Crippen molar-refractivity contribution in [1.29, 1.82) is 0 Å². The molecule has 0 bridgehead atoms. The molecule has 0 aromatic heterocycles. The van der Waals surface area contributed by atoms with Gasteiger partial charge in [-0.15, -0.1) is 0 Å². The SMILES string of the molecule is O=C(O)C=S(=O)=O.OCCOCCO. The Morgan fingerprint density at radius 3 is 1.79 bits per heavy atom. The van der Waals surface area contributed by atoms with Gasteiger partial charge < -0.3 is 20.1 Å². The number of aliphatic hydroxyl groups is 2. The van der Waals surface area contributed by atoms with Crippen molar-refractivity contribution in [2.75, 3.05) is 26.4 Å². The molecular weight excluding hydrogens is 216 g/mol. The van der Waals surface area contributed by atoms with Gasteiger partial charge in [-0.1, -0.05) is 0 Å². The van der Waals surface area contributed by atoms with E-state index in [-0.39, 0.29) is 18.6 Å². The summed E-state index contributed by atoms with van der Waals surface area (Å²) in [6.07, 6.45) is 0. The highest BCUT2D eigenvalue weighted by Gasteiger charge is 1.83. The lowest BCUT2D eigenvalue weighted by Gasteiger charge is -1.94. The van der Waals surface area contributed by atoms with Crippen LogP contribution in [0.15, 0.2) is 0 Å². The molecule has 3 N–H and O–H groups in total. The minimum Gasteiger partial charge on any atom is -0.477 e. The lowest BCUT2D eigenvalue weighted by atomic mass is 10.7. The standard InChI is InChI=1S/C4H10O3.C2H2O4S/c5-1-3-7-4-2-6;3-2(4)1-7(5)6/h5-6H,1-4H2;1H,(H,3,4). The number of hydrogen-bond acceptors (Lipinski definition) is 6. The molecule has 0 aromatic carbocycles. The maximum Gasteiger partial charge on any atom is 0.343 e. The van der Waals surface area contributed by atoms with Crippen LogP contribution in [-0.2, 0) is 19.8 Å². The van der Waals surface area contributed by atoms with Crippen LogP contribution in [0.3, 0.4) is 0 Å². The molecule has 0 aliphatic heterocycles. The third-order valence-electron chi connectivity index (χ3n) is 0.668. The fourth-order valence-corrected chi connectivity index (χ4v) is 0.478. The molecule has 0 aliphatic carbocycles. The third-order valence-corrected chi connectivity index (χ3v) is 1.06. The van der Waals surface area contributed by atoms with Gasteiger partial charge in [0.15, 0.2) is 0 Å². The second-order valence-electron chi connectivity index (χ2n) is 1.78. The summed E-state index contributed by atoms with van der Waals surface area (Å²) in [5.41, 5.74) is 0. The third kappa shape index (κ3) is 22.5. The van der Waals surface area contributed by atoms with Gasteiger partial charge in [0.2, 0.25) is 10.3 Å². The molecule has 14 heavy (non-hydrogen) atoms. The van der Waals surface area contributed by atoms with E-state index in [1.165, 1.54) is 0 Å². The number of ether oxygens (including phenoxy) is 1. The molecule has 0 saturated carbocycles. The summed E-state index contributed by atoms with van der Waals surface area (Å²) >= 11 is 0. The average Bonchev–Trinajstić information content (AvgIpc) is 2.04. The molecule has 8 heteroatoms. The zero-order valence-corrected chi connectivity index (χ0v) is 8.11. The number of aliphatic hydroxyl groups excluding tert-OH is 2. The topological polar surface area (TPSA) is 121 Å². The van der Waals surface area contributed by atoms with Gasteiger partial charge in [-0.2, -0.15) is 8.42 Å². The van der Waals surface area contributed by atoms with E-state index in [1.54, 1.807) is 0 Å². The minimum atomic E-state index is -2.57. The summed E-state index contributed by atoms with van der Waals surface area (Å²) in [7, 11) is -2.57. The van der Waals surface area contributed by atoms with Crippen LogP contribution in [0.25, 0.3) is 0 Å². The molecule has 0 spiro atoms. The minimum absolute atomic E-state index is 0.0278. The van der Waals surface area contributed by atoms with Gasteiger partial charge >= 0.3 is 5.97 Å². The van der Waals surface area contributed by atoms with E-state index >= 15 is 0 Å². The van der Waals surface area contributed by atoms with E-state index in [1.807, 2.05) is 0 Å². The Bertz CT molecular complexity index is 243. The zero-order valence-electron chi connectivity index (χ0n) is 7.29. The molecule has 0 fully saturated rings. The highest BCUT2D eigenvalue weighted by molar-refractivity contribution is 7.73. The van der Waals surface area contributed by atoms with Gasteiger partial charge in [-0.05, 0) is 0 Å². The van der Waals surface area contributed by atoms with Crippen molar-refractivity contribution in [2.45, 2.75) is 0 Å². The summed E-state index contributed by atoms with van der Waals surface area (Å²) in [5.74, 6) is -1.45. The predicted molar refractivity (Wildman–Crippen MR) is 47.6 cm³/mol. The highest BCUT2D eigenvalue weighted by atomic mass is 32.2. The first-order chi connectivity index (χ1) is 6.54. The smallest absolute Gasteiger partial charge is 0.343 e. The number of carbonyl (C=O) groups is 1. The normalized spacial score (nSPS) is 8.43. The van der Waals surface area contributed by atoms with Crippen molar-refractivity contribution >= 4 is 21.6 Å². The van der Waals surface area contributed by atoms with Crippen molar-refractivity contribution in [1.82, 2.24) is 0 Å². The molecule has 0 atom stereocenters. The van der Waals surface area contributed by atoms with Crippen LogP contribution in [0.4, 0.5) is 0 Å². The summed E-state index contributed by atoms with van der Waals surface area (Å²) < 4.78 is 23.4. The lowest BCUT2D eigenvalue weighted by molar-refractivity contribution is -0.128. The van der Waals surface area contributed by atoms with E-state index in [9.17, 15) is 13.2 Å². The van der Waals surface area contributed by atoms with E-state index in [0.717, 1.165) is 0 Å². The average molecular weight is 228 g/mol. The fourth-order valence-electron chi connectivity index (χ4n) is 0.313. The van der Waals surface area contributed by atoms with Crippen molar-refractivity contribution < 1.29 is 33.3 Å².